The highest BCUT2D eigenvalue weighted by Gasteiger charge is 2.44. The number of fused-ring (bicyclic) bond motifs is 3. The van der Waals surface area contributed by atoms with Crippen molar-refractivity contribution >= 4 is 35.4 Å². The third-order valence-corrected chi connectivity index (χ3v) is 8.46. The minimum absolute atomic E-state index is 0.00102. The first-order valence-electron chi connectivity index (χ1n) is 15.6. The molecule has 2 saturated heterocycles. The van der Waals surface area contributed by atoms with E-state index in [0.717, 1.165) is 24.0 Å². The monoisotopic (exact) mass is 604 g/mol. The van der Waals surface area contributed by atoms with Gasteiger partial charge in [0.05, 0.1) is 23.5 Å². The summed E-state index contributed by atoms with van der Waals surface area (Å²) in [5.41, 5.74) is 3.07. The standard InChI is InChI=1S/C34H44N4O6/c1-20(2)43-33(42)36-19-21(3)37(22(4)39)29-15-12-25(16-30(29)36)23-8-10-24(11-9-23)31(40)38-27-13-14-28(38)18-26(17-27)35-32(41)44-34(5,6)7/h8-12,15-16,20-21,26-28H,13-14,17-19H2,1-7H3,(H,35,41)/t21-,26?,27-,28+/m0/s1. The van der Waals surface area contributed by atoms with Crippen molar-refractivity contribution in [2.24, 2.45) is 0 Å². The highest BCUT2D eigenvalue weighted by molar-refractivity contribution is 6.03. The summed E-state index contributed by atoms with van der Waals surface area (Å²) in [6.07, 6.45) is 2.11. The third kappa shape index (κ3) is 6.54. The zero-order chi connectivity index (χ0) is 31.9. The lowest BCUT2D eigenvalue weighted by Crippen LogP contribution is -2.53. The van der Waals surface area contributed by atoms with E-state index in [-0.39, 0.29) is 42.1 Å². The molecule has 0 saturated carbocycles. The summed E-state index contributed by atoms with van der Waals surface area (Å²) < 4.78 is 11.0. The highest BCUT2D eigenvalue weighted by atomic mass is 16.6. The van der Waals surface area contributed by atoms with Crippen LogP contribution in [-0.4, -0.2) is 71.3 Å². The fourth-order valence-electron chi connectivity index (χ4n) is 6.78. The summed E-state index contributed by atoms with van der Waals surface area (Å²) in [7, 11) is 0. The molecule has 2 aromatic rings. The summed E-state index contributed by atoms with van der Waals surface area (Å²) >= 11 is 0. The normalized spacial score (nSPS) is 22.9. The molecule has 2 bridgehead atoms. The van der Waals surface area contributed by atoms with E-state index in [2.05, 4.69) is 5.32 Å². The lowest BCUT2D eigenvalue weighted by molar-refractivity contribution is -0.117. The molecule has 3 aliphatic heterocycles. The van der Waals surface area contributed by atoms with Gasteiger partial charge in [0.15, 0.2) is 0 Å². The lowest BCUT2D eigenvalue weighted by Gasteiger charge is -2.40. The van der Waals surface area contributed by atoms with Gasteiger partial charge in [-0.05, 0) is 103 Å². The second-order valence-corrected chi connectivity index (χ2v) is 13.5. The van der Waals surface area contributed by atoms with Gasteiger partial charge in [-0.2, -0.15) is 0 Å². The van der Waals surface area contributed by atoms with Gasteiger partial charge in [-0.25, -0.2) is 9.59 Å². The quantitative estimate of drug-likeness (QED) is 0.451. The van der Waals surface area contributed by atoms with E-state index in [1.165, 1.54) is 6.92 Å². The Kier molecular flexibility index (Phi) is 8.64. The van der Waals surface area contributed by atoms with Crippen molar-refractivity contribution in [3.63, 3.8) is 0 Å². The van der Waals surface area contributed by atoms with E-state index in [1.807, 2.05) is 88.9 Å². The van der Waals surface area contributed by atoms with Gasteiger partial charge in [-0.15, -0.1) is 0 Å². The first-order valence-corrected chi connectivity index (χ1v) is 15.6. The Bertz CT molecular complexity index is 1420. The van der Waals surface area contributed by atoms with E-state index in [0.29, 0.717) is 36.3 Å². The average Bonchev–Trinajstić information content (AvgIpc) is 3.20. The number of benzene rings is 2. The van der Waals surface area contributed by atoms with Crippen LogP contribution < -0.4 is 15.1 Å². The predicted molar refractivity (Wildman–Crippen MR) is 169 cm³/mol. The molecule has 5 rings (SSSR count). The average molecular weight is 605 g/mol. The number of nitrogens with zero attached hydrogens (tertiary/aromatic N) is 3. The Morgan fingerprint density at radius 1 is 0.909 bits per heavy atom. The van der Waals surface area contributed by atoms with Crippen LogP contribution in [0.5, 0.6) is 0 Å². The first kappa shape index (κ1) is 31.3. The summed E-state index contributed by atoms with van der Waals surface area (Å²) in [4.78, 5) is 56.8. The van der Waals surface area contributed by atoms with Gasteiger partial charge in [0.2, 0.25) is 5.91 Å². The van der Waals surface area contributed by atoms with E-state index in [4.69, 9.17) is 9.47 Å². The van der Waals surface area contributed by atoms with Crippen molar-refractivity contribution < 1.29 is 28.7 Å². The molecule has 3 aliphatic rings. The molecular weight excluding hydrogens is 560 g/mol. The lowest BCUT2D eigenvalue weighted by atomic mass is 9.95. The topological polar surface area (TPSA) is 108 Å². The molecule has 1 N–H and O–H groups in total. The minimum atomic E-state index is -0.558. The number of hydrogen-bond donors (Lipinski definition) is 1. The van der Waals surface area contributed by atoms with Gasteiger partial charge >= 0.3 is 12.2 Å². The van der Waals surface area contributed by atoms with Crippen LogP contribution in [0.3, 0.4) is 0 Å². The molecule has 2 fully saturated rings. The molecule has 4 amide bonds. The first-order chi connectivity index (χ1) is 20.7. The molecule has 10 nitrogen and oxygen atoms in total. The molecule has 1 unspecified atom stereocenters. The van der Waals surface area contributed by atoms with Crippen molar-refractivity contribution in [2.45, 2.75) is 110 Å². The molecule has 44 heavy (non-hydrogen) atoms. The Balaban J connectivity index is 1.33. The van der Waals surface area contributed by atoms with Crippen LogP contribution in [0.25, 0.3) is 11.1 Å². The third-order valence-electron chi connectivity index (χ3n) is 8.46. The number of ether oxygens (including phenoxy) is 2. The van der Waals surface area contributed by atoms with Crippen LogP contribution in [-0.2, 0) is 14.3 Å². The number of alkyl carbamates (subject to hydrolysis) is 1. The largest absolute Gasteiger partial charge is 0.446 e. The van der Waals surface area contributed by atoms with E-state index >= 15 is 0 Å². The van der Waals surface area contributed by atoms with E-state index in [1.54, 1.807) is 9.80 Å². The Morgan fingerprint density at radius 2 is 1.52 bits per heavy atom. The Labute approximate surface area is 259 Å². The molecule has 236 valence electrons. The number of rotatable bonds is 4. The van der Waals surface area contributed by atoms with Gasteiger partial charge in [-0.1, -0.05) is 18.2 Å². The molecular formula is C34H44N4O6. The molecule has 0 aromatic heterocycles. The fourth-order valence-corrected chi connectivity index (χ4v) is 6.78. The highest BCUT2D eigenvalue weighted by Crippen LogP contribution is 2.40. The van der Waals surface area contributed by atoms with Crippen molar-refractivity contribution in [1.82, 2.24) is 10.2 Å². The second kappa shape index (κ2) is 12.1. The Morgan fingerprint density at radius 3 is 2.09 bits per heavy atom. The predicted octanol–water partition coefficient (Wildman–Crippen LogP) is 6.12. The van der Waals surface area contributed by atoms with E-state index in [9.17, 15) is 19.2 Å². The molecule has 0 radical (unpaired) electrons. The van der Waals surface area contributed by atoms with Crippen molar-refractivity contribution in [3.8, 4) is 11.1 Å². The van der Waals surface area contributed by atoms with Crippen LogP contribution in [0.15, 0.2) is 42.5 Å². The van der Waals surface area contributed by atoms with Gasteiger partial charge in [0.25, 0.3) is 5.91 Å². The van der Waals surface area contributed by atoms with E-state index < -0.39 is 17.8 Å². The number of carbonyl (C=O) groups excluding carboxylic acids is 4. The fraction of sp³-hybridized carbons (Fsp3) is 0.529. The number of amides is 4. The number of anilines is 2. The molecule has 4 atom stereocenters. The molecule has 3 heterocycles. The van der Waals surface area contributed by atoms with Crippen LogP contribution in [0.1, 0.15) is 84.5 Å². The van der Waals surface area contributed by atoms with Crippen LogP contribution in [0.4, 0.5) is 21.0 Å². The van der Waals surface area contributed by atoms with Crippen molar-refractivity contribution in [1.29, 1.82) is 0 Å². The maximum absolute atomic E-state index is 13.7. The second-order valence-electron chi connectivity index (χ2n) is 13.5. The summed E-state index contributed by atoms with van der Waals surface area (Å²) in [5, 5.41) is 3.00. The maximum Gasteiger partial charge on any atom is 0.414 e. The molecule has 0 aliphatic carbocycles. The molecule has 10 heteroatoms. The maximum atomic E-state index is 13.7. The van der Waals surface area contributed by atoms with Gasteiger partial charge < -0.3 is 24.6 Å². The number of nitrogens with one attached hydrogen (secondary N) is 1. The molecule has 2 aromatic carbocycles. The van der Waals surface area contributed by atoms with Gasteiger partial charge in [-0.3, -0.25) is 14.5 Å². The van der Waals surface area contributed by atoms with Crippen LogP contribution >= 0.6 is 0 Å². The van der Waals surface area contributed by atoms with Crippen molar-refractivity contribution in [3.05, 3.63) is 48.0 Å². The zero-order valence-electron chi connectivity index (χ0n) is 26.8. The zero-order valence-corrected chi connectivity index (χ0v) is 26.8. The number of piperidine rings is 1. The minimum Gasteiger partial charge on any atom is -0.446 e. The molecule has 0 spiro atoms. The van der Waals surface area contributed by atoms with Crippen LogP contribution in [0.2, 0.25) is 0 Å². The van der Waals surface area contributed by atoms with Gasteiger partial charge in [0.1, 0.15) is 5.60 Å². The van der Waals surface area contributed by atoms with Crippen molar-refractivity contribution in [2.75, 3.05) is 16.3 Å². The smallest absolute Gasteiger partial charge is 0.414 e. The summed E-state index contributed by atoms with van der Waals surface area (Å²) in [6, 6.07) is 13.1. The summed E-state index contributed by atoms with van der Waals surface area (Å²) in [5.74, 6) is -0.0937. The Hall–Kier alpha value is -4.08. The van der Waals surface area contributed by atoms with Gasteiger partial charge in [0, 0.05) is 37.2 Å². The number of carbonyl (C=O) groups is 4. The SMILES string of the molecule is CC(=O)N1c2ccc(-c3ccc(C(=O)N4[C@@H]5CC[C@H]4CC(NC(=O)OC(C)(C)C)C5)cc3)cc2N(C(=O)OC(C)C)C[C@@H]1C. The number of hydrogen-bond acceptors (Lipinski definition) is 6. The summed E-state index contributed by atoms with van der Waals surface area (Å²) in [6.45, 7) is 12.9. The van der Waals surface area contributed by atoms with Crippen LogP contribution in [0, 0.1) is 0 Å².